The van der Waals surface area contributed by atoms with Gasteiger partial charge in [0.15, 0.2) is 0 Å². The van der Waals surface area contributed by atoms with Crippen LogP contribution in [-0.4, -0.2) is 10.9 Å². The van der Waals surface area contributed by atoms with E-state index in [0.717, 1.165) is 0 Å². The molecule has 0 rings (SSSR count). The van der Waals surface area contributed by atoms with Crippen LogP contribution in [0.25, 0.3) is 0 Å². The van der Waals surface area contributed by atoms with Crippen molar-refractivity contribution in [2.45, 2.75) is 45.5 Å². The molecule has 0 aromatic rings. The van der Waals surface area contributed by atoms with Crippen LogP contribution >= 0.6 is 21.9 Å². The van der Waals surface area contributed by atoms with Crippen LogP contribution in [-0.2, 0) is 4.18 Å². The Bertz CT molecular complexity index is 86.1. The second-order valence-electron chi connectivity index (χ2n) is 3.41. The van der Waals surface area contributed by atoms with E-state index in [-0.39, 0.29) is 0 Å². The molecule has 0 amide bonds. The summed E-state index contributed by atoms with van der Waals surface area (Å²) < 4.78 is 5.59. The molecule has 0 spiro atoms. The molecule has 0 unspecified atom stereocenters. The van der Waals surface area contributed by atoms with Crippen LogP contribution in [0.5, 0.6) is 0 Å². The first-order chi connectivity index (χ1) is 4.42. The zero-order valence-corrected chi connectivity index (χ0v) is 8.94. The summed E-state index contributed by atoms with van der Waals surface area (Å²) in [4.78, 5) is 0. The SMILES string of the molecule is CC(C)OSSC(C)(C)C. The van der Waals surface area contributed by atoms with Gasteiger partial charge in [-0.25, -0.2) is 0 Å². The van der Waals surface area contributed by atoms with Gasteiger partial charge in [-0.3, -0.25) is 0 Å². The molecule has 0 bridgehead atoms. The van der Waals surface area contributed by atoms with Crippen molar-refractivity contribution in [2.75, 3.05) is 0 Å². The smallest absolute Gasteiger partial charge is 0.0676 e. The van der Waals surface area contributed by atoms with E-state index in [1.54, 1.807) is 10.8 Å². The van der Waals surface area contributed by atoms with Gasteiger partial charge in [0.05, 0.1) is 17.2 Å². The molecule has 0 aliphatic heterocycles. The minimum atomic E-state index is 0.291. The van der Waals surface area contributed by atoms with Crippen LogP contribution in [0, 0.1) is 0 Å². The maximum atomic E-state index is 5.30. The number of hydrogen-bond acceptors (Lipinski definition) is 3. The summed E-state index contributed by atoms with van der Waals surface area (Å²) in [5.41, 5.74) is 0. The van der Waals surface area contributed by atoms with Gasteiger partial charge in [0.1, 0.15) is 0 Å². The zero-order valence-electron chi connectivity index (χ0n) is 7.30. The van der Waals surface area contributed by atoms with Gasteiger partial charge in [-0.2, -0.15) is 0 Å². The molecule has 10 heavy (non-hydrogen) atoms. The van der Waals surface area contributed by atoms with E-state index in [0.29, 0.717) is 10.9 Å². The van der Waals surface area contributed by atoms with E-state index in [9.17, 15) is 0 Å². The van der Waals surface area contributed by atoms with Crippen molar-refractivity contribution < 1.29 is 4.18 Å². The summed E-state index contributed by atoms with van der Waals surface area (Å²) >= 11 is 1.48. The van der Waals surface area contributed by atoms with Crippen LogP contribution in [0.15, 0.2) is 0 Å². The van der Waals surface area contributed by atoms with Gasteiger partial charge in [-0.05, 0) is 13.8 Å². The molecule has 0 aromatic heterocycles. The Labute approximate surface area is 71.9 Å². The maximum absolute atomic E-state index is 5.30. The Hall–Kier alpha value is 0.660. The summed E-state index contributed by atoms with van der Waals surface area (Å²) in [7, 11) is 1.76. The lowest BCUT2D eigenvalue weighted by Gasteiger charge is -2.16. The van der Waals surface area contributed by atoms with Crippen LogP contribution < -0.4 is 0 Å². The third-order valence-corrected chi connectivity index (χ3v) is 3.49. The first-order valence-electron chi connectivity index (χ1n) is 3.43. The first kappa shape index (κ1) is 10.7. The lowest BCUT2D eigenvalue weighted by molar-refractivity contribution is 0.294. The fraction of sp³-hybridized carbons (Fsp3) is 1.00. The fourth-order valence-corrected chi connectivity index (χ4v) is 1.80. The van der Waals surface area contributed by atoms with Crippen molar-refractivity contribution in [3.05, 3.63) is 0 Å². The molecule has 0 atom stereocenters. The molecule has 0 fully saturated rings. The second kappa shape index (κ2) is 4.52. The normalized spacial score (nSPS) is 12.6. The highest BCUT2D eigenvalue weighted by atomic mass is 33.1. The minimum absolute atomic E-state index is 0.291. The summed E-state index contributed by atoms with van der Waals surface area (Å²) in [6, 6.07) is 0. The summed E-state index contributed by atoms with van der Waals surface area (Å²) in [5, 5.41) is 0. The summed E-state index contributed by atoms with van der Waals surface area (Å²) in [6.07, 6.45) is 0.319. The summed E-state index contributed by atoms with van der Waals surface area (Å²) in [6.45, 7) is 10.6. The van der Waals surface area contributed by atoms with E-state index in [2.05, 4.69) is 20.8 Å². The predicted molar refractivity (Wildman–Crippen MR) is 51.2 cm³/mol. The van der Waals surface area contributed by atoms with E-state index in [4.69, 9.17) is 4.18 Å². The zero-order chi connectivity index (χ0) is 8.20. The predicted octanol–water partition coefficient (Wildman–Crippen LogP) is 3.51. The first-order valence-corrected chi connectivity index (χ1v) is 5.50. The van der Waals surface area contributed by atoms with Crippen molar-refractivity contribution in [1.82, 2.24) is 0 Å². The highest BCUT2D eigenvalue weighted by molar-refractivity contribution is 8.75. The largest absolute Gasteiger partial charge is 0.302 e. The van der Waals surface area contributed by atoms with Crippen LogP contribution in [0.1, 0.15) is 34.6 Å². The van der Waals surface area contributed by atoms with E-state index in [1.165, 1.54) is 11.1 Å². The minimum Gasteiger partial charge on any atom is -0.302 e. The van der Waals surface area contributed by atoms with E-state index in [1.807, 2.05) is 13.8 Å². The summed E-state index contributed by atoms with van der Waals surface area (Å²) in [5.74, 6) is 0. The van der Waals surface area contributed by atoms with E-state index < -0.39 is 0 Å². The monoisotopic (exact) mass is 180 g/mol. The highest BCUT2D eigenvalue weighted by Gasteiger charge is 2.11. The molecule has 1 nitrogen and oxygen atoms in total. The van der Waals surface area contributed by atoms with Crippen LogP contribution in [0.4, 0.5) is 0 Å². The molecular formula is C7H16OS2. The van der Waals surface area contributed by atoms with Gasteiger partial charge in [0.2, 0.25) is 0 Å². The van der Waals surface area contributed by atoms with Crippen molar-refractivity contribution in [2.24, 2.45) is 0 Å². The third kappa shape index (κ3) is 8.66. The van der Waals surface area contributed by atoms with Crippen molar-refractivity contribution >= 4 is 21.9 Å². The Balaban J connectivity index is 3.21. The number of hydrogen-bond donors (Lipinski definition) is 0. The molecule has 0 aliphatic rings. The average Bonchev–Trinajstić information content (AvgIpc) is 1.59. The second-order valence-corrected chi connectivity index (χ2v) is 6.04. The Kier molecular flexibility index (Phi) is 4.82. The maximum Gasteiger partial charge on any atom is 0.0676 e. The average molecular weight is 180 g/mol. The molecule has 0 radical (unpaired) electrons. The molecular weight excluding hydrogens is 164 g/mol. The molecule has 3 heteroatoms. The van der Waals surface area contributed by atoms with Crippen molar-refractivity contribution in [3.63, 3.8) is 0 Å². The molecule has 0 heterocycles. The van der Waals surface area contributed by atoms with Gasteiger partial charge in [-0.1, -0.05) is 31.6 Å². The number of rotatable bonds is 3. The van der Waals surface area contributed by atoms with Gasteiger partial charge >= 0.3 is 0 Å². The molecule has 0 N–H and O–H groups in total. The molecule has 0 saturated heterocycles. The third-order valence-electron chi connectivity index (χ3n) is 0.516. The van der Waals surface area contributed by atoms with Crippen LogP contribution in [0.2, 0.25) is 0 Å². The molecule has 0 saturated carbocycles. The lowest BCUT2D eigenvalue weighted by atomic mass is 10.3. The standard InChI is InChI=1S/C7H16OS2/c1-6(2)8-10-9-7(3,4)5/h6H,1-5H3. The molecule has 0 aliphatic carbocycles. The van der Waals surface area contributed by atoms with Gasteiger partial charge < -0.3 is 4.18 Å². The van der Waals surface area contributed by atoms with Crippen molar-refractivity contribution in [3.8, 4) is 0 Å². The Morgan fingerprint density at radius 1 is 1.20 bits per heavy atom. The molecule has 0 aromatic carbocycles. The lowest BCUT2D eigenvalue weighted by Crippen LogP contribution is -2.05. The fourth-order valence-electron chi connectivity index (χ4n) is 0.200. The topological polar surface area (TPSA) is 9.23 Å². The van der Waals surface area contributed by atoms with E-state index >= 15 is 0 Å². The molecule has 62 valence electrons. The van der Waals surface area contributed by atoms with Gasteiger partial charge in [0.25, 0.3) is 0 Å². The Morgan fingerprint density at radius 3 is 2.00 bits per heavy atom. The van der Waals surface area contributed by atoms with Crippen LogP contribution in [0.3, 0.4) is 0 Å². The van der Waals surface area contributed by atoms with Gasteiger partial charge in [-0.15, -0.1) is 0 Å². The quantitative estimate of drug-likeness (QED) is 0.486. The van der Waals surface area contributed by atoms with Gasteiger partial charge in [0, 0.05) is 4.75 Å². The Morgan fingerprint density at radius 2 is 1.70 bits per heavy atom. The van der Waals surface area contributed by atoms with Crippen molar-refractivity contribution in [1.29, 1.82) is 0 Å². The highest BCUT2D eigenvalue weighted by Crippen LogP contribution is 2.36.